The van der Waals surface area contributed by atoms with Gasteiger partial charge >= 0.3 is 0 Å². The normalized spacial score (nSPS) is 22.9. The molecule has 84 valence electrons. The third-order valence-electron chi connectivity index (χ3n) is 2.63. The van der Waals surface area contributed by atoms with Crippen molar-refractivity contribution in [3.8, 4) is 0 Å². The SMILES string of the molecule is CCOCC(C)(C)CNC1CCNC1. The summed E-state index contributed by atoms with van der Waals surface area (Å²) in [5.74, 6) is 0. The molecule has 0 bridgehead atoms. The van der Waals surface area contributed by atoms with E-state index in [-0.39, 0.29) is 5.41 Å². The Kier molecular flexibility index (Phi) is 4.85. The Morgan fingerprint density at radius 1 is 1.50 bits per heavy atom. The molecule has 0 saturated carbocycles. The van der Waals surface area contributed by atoms with Crippen LogP contribution in [0.4, 0.5) is 0 Å². The van der Waals surface area contributed by atoms with Gasteiger partial charge in [0.2, 0.25) is 0 Å². The lowest BCUT2D eigenvalue weighted by Crippen LogP contribution is -2.40. The Morgan fingerprint density at radius 2 is 2.29 bits per heavy atom. The van der Waals surface area contributed by atoms with Gasteiger partial charge in [0.15, 0.2) is 0 Å². The van der Waals surface area contributed by atoms with Crippen molar-refractivity contribution >= 4 is 0 Å². The van der Waals surface area contributed by atoms with E-state index < -0.39 is 0 Å². The van der Waals surface area contributed by atoms with Gasteiger partial charge in [-0.2, -0.15) is 0 Å². The molecule has 1 heterocycles. The molecule has 1 unspecified atom stereocenters. The average molecular weight is 200 g/mol. The van der Waals surface area contributed by atoms with Gasteiger partial charge in [0, 0.05) is 31.2 Å². The number of nitrogens with one attached hydrogen (secondary N) is 2. The van der Waals surface area contributed by atoms with Gasteiger partial charge in [0.1, 0.15) is 0 Å². The van der Waals surface area contributed by atoms with Crippen molar-refractivity contribution in [1.82, 2.24) is 10.6 Å². The topological polar surface area (TPSA) is 33.3 Å². The summed E-state index contributed by atoms with van der Waals surface area (Å²) in [6.07, 6.45) is 1.25. The molecule has 0 amide bonds. The van der Waals surface area contributed by atoms with E-state index >= 15 is 0 Å². The molecule has 0 aromatic rings. The van der Waals surface area contributed by atoms with Crippen LogP contribution < -0.4 is 10.6 Å². The zero-order chi connectivity index (χ0) is 10.4. The Hall–Kier alpha value is -0.120. The summed E-state index contributed by atoms with van der Waals surface area (Å²) in [6.45, 7) is 11.5. The molecule has 1 atom stereocenters. The third kappa shape index (κ3) is 4.40. The second kappa shape index (κ2) is 5.69. The summed E-state index contributed by atoms with van der Waals surface area (Å²) in [6, 6.07) is 0.663. The van der Waals surface area contributed by atoms with Crippen molar-refractivity contribution in [2.45, 2.75) is 33.2 Å². The van der Waals surface area contributed by atoms with Crippen molar-refractivity contribution in [2.24, 2.45) is 5.41 Å². The zero-order valence-electron chi connectivity index (χ0n) is 9.73. The van der Waals surface area contributed by atoms with E-state index in [2.05, 4.69) is 24.5 Å². The van der Waals surface area contributed by atoms with Crippen LogP contribution >= 0.6 is 0 Å². The van der Waals surface area contributed by atoms with Crippen LogP contribution in [0.2, 0.25) is 0 Å². The molecule has 0 aliphatic carbocycles. The minimum absolute atomic E-state index is 0.249. The van der Waals surface area contributed by atoms with E-state index in [4.69, 9.17) is 4.74 Å². The van der Waals surface area contributed by atoms with E-state index in [1.807, 2.05) is 6.92 Å². The molecular weight excluding hydrogens is 176 g/mol. The van der Waals surface area contributed by atoms with Gasteiger partial charge in [-0.25, -0.2) is 0 Å². The summed E-state index contributed by atoms with van der Waals surface area (Å²) in [4.78, 5) is 0. The molecule has 1 saturated heterocycles. The van der Waals surface area contributed by atoms with Crippen molar-refractivity contribution in [1.29, 1.82) is 0 Å². The Morgan fingerprint density at radius 3 is 2.86 bits per heavy atom. The number of ether oxygens (including phenoxy) is 1. The first-order valence-electron chi connectivity index (χ1n) is 5.66. The standard InChI is InChI=1S/C11H24N2O/c1-4-14-9-11(2,3)8-13-10-5-6-12-7-10/h10,12-13H,4-9H2,1-3H3. The minimum atomic E-state index is 0.249. The van der Waals surface area contributed by atoms with Gasteiger partial charge in [-0.3, -0.25) is 0 Å². The highest BCUT2D eigenvalue weighted by Crippen LogP contribution is 2.14. The predicted molar refractivity (Wildman–Crippen MR) is 59.6 cm³/mol. The van der Waals surface area contributed by atoms with Crippen LogP contribution in [0.1, 0.15) is 27.2 Å². The van der Waals surface area contributed by atoms with Crippen LogP contribution in [0.25, 0.3) is 0 Å². The van der Waals surface area contributed by atoms with E-state index in [1.165, 1.54) is 6.42 Å². The number of hydrogen-bond donors (Lipinski definition) is 2. The molecule has 0 radical (unpaired) electrons. The molecule has 1 rings (SSSR count). The summed E-state index contributed by atoms with van der Waals surface area (Å²) in [7, 11) is 0. The van der Waals surface area contributed by atoms with Crippen LogP contribution in [0, 0.1) is 5.41 Å². The minimum Gasteiger partial charge on any atom is -0.381 e. The van der Waals surface area contributed by atoms with Crippen LogP contribution in [-0.4, -0.2) is 38.9 Å². The molecule has 14 heavy (non-hydrogen) atoms. The van der Waals surface area contributed by atoms with Crippen molar-refractivity contribution < 1.29 is 4.74 Å². The molecule has 3 nitrogen and oxygen atoms in total. The molecule has 1 aliphatic rings. The molecule has 0 spiro atoms. The second-order valence-corrected chi connectivity index (χ2v) is 4.87. The number of hydrogen-bond acceptors (Lipinski definition) is 3. The fourth-order valence-corrected chi connectivity index (χ4v) is 1.68. The molecule has 0 aromatic carbocycles. The molecule has 0 aromatic heterocycles. The van der Waals surface area contributed by atoms with Crippen LogP contribution in [-0.2, 0) is 4.74 Å². The smallest absolute Gasteiger partial charge is 0.0529 e. The zero-order valence-corrected chi connectivity index (χ0v) is 9.73. The highest BCUT2D eigenvalue weighted by Gasteiger charge is 2.21. The predicted octanol–water partition coefficient (Wildman–Crippen LogP) is 1.00. The van der Waals surface area contributed by atoms with E-state index in [0.717, 1.165) is 32.8 Å². The van der Waals surface area contributed by atoms with Crippen LogP contribution in [0.15, 0.2) is 0 Å². The van der Waals surface area contributed by atoms with Gasteiger partial charge in [-0.15, -0.1) is 0 Å². The maximum absolute atomic E-state index is 5.46. The van der Waals surface area contributed by atoms with E-state index in [0.29, 0.717) is 6.04 Å². The second-order valence-electron chi connectivity index (χ2n) is 4.87. The van der Waals surface area contributed by atoms with E-state index in [9.17, 15) is 0 Å². The Balaban J connectivity index is 2.14. The summed E-state index contributed by atoms with van der Waals surface area (Å²) < 4.78 is 5.46. The molecule has 2 N–H and O–H groups in total. The fraction of sp³-hybridized carbons (Fsp3) is 1.00. The van der Waals surface area contributed by atoms with E-state index in [1.54, 1.807) is 0 Å². The largest absolute Gasteiger partial charge is 0.381 e. The monoisotopic (exact) mass is 200 g/mol. The van der Waals surface area contributed by atoms with Crippen molar-refractivity contribution in [3.63, 3.8) is 0 Å². The molecular formula is C11H24N2O. The summed E-state index contributed by atoms with van der Waals surface area (Å²) >= 11 is 0. The van der Waals surface area contributed by atoms with Gasteiger partial charge in [-0.05, 0) is 19.9 Å². The lowest BCUT2D eigenvalue weighted by Gasteiger charge is -2.26. The molecule has 1 fully saturated rings. The summed E-state index contributed by atoms with van der Waals surface area (Å²) in [5, 5.41) is 6.95. The first kappa shape index (κ1) is 12.0. The summed E-state index contributed by atoms with van der Waals surface area (Å²) in [5.41, 5.74) is 0.249. The molecule has 1 aliphatic heterocycles. The van der Waals surface area contributed by atoms with Gasteiger partial charge in [0.25, 0.3) is 0 Å². The van der Waals surface area contributed by atoms with Gasteiger partial charge in [0.05, 0.1) is 6.61 Å². The number of rotatable bonds is 6. The maximum Gasteiger partial charge on any atom is 0.0529 e. The Bertz CT molecular complexity index is 153. The first-order chi connectivity index (χ1) is 6.64. The highest BCUT2D eigenvalue weighted by molar-refractivity contribution is 4.80. The quantitative estimate of drug-likeness (QED) is 0.671. The van der Waals surface area contributed by atoms with Crippen molar-refractivity contribution in [3.05, 3.63) is 0 Å². The average Bonchev–Trinajstić information content (AvgIpc) is 2.64. The van der Waals surface area contributed by atoms with Crippen LogP contribution in [0.5, 0.6) is 0 Å². The third-order valence-corrected chi connectivity index (χ3v) is 2.63. The lowest BCUT2D eigenvalue weighted by molar-refractivity contribution is 0.0693. The van der Waals surface area contributed by atoms with Gasteiger partial charge in [-0.1, -0.05) is 13.8 Å². The molecule has 3 heteroatoms. The highest BCUT2D eigenvalue weighted by atomic mass is 16.5. The lowest BCUT2D eigenvalue weighted by atomic mass is 9.94. The van der Waals surface area contributed by atoms with Crippen LogP contribution in [0.3, 0.4) is 0 Å². The Labute approximate surface area is 87.6 Å². The first-order valence-corrected chi connectivity index (χ1v) is 5.66. The van der Waals surface area contributed by atoms with Crippen molar-refractivity contribution in [2.75, 3.05) is 32.8 Å². The fourth-order valence-electron chi connectivity index (χ4n) is 1.68. The maximum atomic E-state index is 5.46. The van der Waals surface area contributed by atoms with Gasteiger partial charge < -0.3 is 15.4 Å².